The molecule has 0 unspecified atom stereocenters. The summed E-state index contributed by atoms with van der Waals surface area (Å²) >= 11 is 0. The predicted octanol–water partition coefficient (Wildman–Crippen LogP) is 3.49. The number of aromatic nitrogens is 2. The number of nitrogens with two attached hydrogens (primary N) is 1. The number of nitrogen functional groups attached to an aromatic ring is 1. The average molecular weight is 366 g/mol. The highest BCUT2D eigenvalue weighted by atomic mass is 16.3. The molecule has 0 spiro atoms. The lowest BCUT2D eigenvalue weighted by atomic mass is 10.1. The van der Waals surface area contributed by atoms with Crippen molar-refractivity contribution in [3.05, 3.63) is 60.3 Å². The van der Waals surface area contributed by atoms with Crippen LogP contribution in [0.5, 0.6) is 0 Å². The second kappa shape index (κ2) is 8.70. The van der Waals surface area contributed by atoms with Crippen molar-refractivity contribution < 1.29 is 9.21 Å². The molecule has 1 aromatic carbocycles. The Morgan fingerprint density at radius 2 is 1.93 bits per heavy atom. The Morgan fingerprint density at radius 3 is 2.63 bits per heavy atom. The van der Waals surface area contributed by atoms with Gasteiger partial charge in [-0.1, -0.05) is 25.5 Å². The molecule has 0 aliphatic heterocycles. The number of carbonyl (C=O) groups is 1. The van der Waals surface area contributed by atoms with E-state index in [1.807, 2.05) is 12.1 Å². The molecule has 0 aliphatic carbocycles. The Balaban J connectivity index is 1.64. The second-order valence-corrected chi connectivity index (χ2v) is 5.97. The van der Waals surface area contributed by atoms with Crippen LogP contribution < -0.4 is 21.9 Å². The molecule has 3 aromatic rings. The van der Waals surface area contributed by atoms with Crippen LogP contribution in [0.15, 0.2) is 53.4 Å². The second-order valence-electron chi connectivity index (χ2n) is 5.97. The molecular formula is C19H22N6O2. The molecule has 0 bridgehead atoms. The van der Waals surface area contributed by atoms with Crippen LogP contribution in [0.1, 0.15) is 35.9 Å². The van der Waals surface area contributed by atoms with E-state index < -0.39 is 5.91 Å². The zero-order chi connectivity index (χ0) is 19.1. The normalized spacial score (nSPS) is 10.4. The minimum Gasteiger partial charge on any atom is -0.459 e. The maximum absolute atomic E-state index is 11.9. The molecule has 1 amide bonds. The van der Waals surface area contributed by atoms with E-state index in [0.717, 1.165) is 12.1 Å². The molecule has 0 saturated heterocycles. The van der Waals surface area contributed by atoms with Crippen molar-refractivity contribution in [1.82, 2.24) is 15.4 Å². The van der Waals surface area contributed by atoms with Crippen LogP contribution in [-0.4, -0.2) is 15.9 Å². The molecule has 0 aliphatic rings. The summed E-state index contributed by atoms with van der Waals surface area (Å²) in [5.41, 5.74) is 13.7. The number of hydrazine groups is 1. The molecule has 27 heavy (non-hydrogen) atoms. The van der Waals surface area contributed by atoms with Crippen LogP contribution in [0.3, 0.4) is 0 Å². The molecule has 0 fully saturated rings. The fourth-order valence-electron chi connectivity index (χ4n) is 2.45. The zero-order valence-corrected chi connectivity index (χ0v) is 15.0. The van der Waals surface area contributed by atoms with E-state index in [1.165, 1.54) is 31.0 Å². The summed E-state index contributed by atoms with van der Waals surface area (Å²) < 4.78 is 5.02. The number of nitrogens with one attached hydrogen (secondary N) is 3. The zero-order valence-electron chi connectivity index (χ0n) is 15.0. The van der Waals surface area contributed by atoms with Crippen LogP contribution >= 0.6 is 0 Å². The van der Waals surface area contributed by atoms with Gasteiger partial charge in [0.2, 0.25) is 0 Å². The van der Waals surface area contributed by atoms with Crippen LogP contribution in [0.25, 0.3) is 0 Å². The van der Waals surface area contributed by atoms with E-state index in [2.05, 4.69) is 45.2 Å². The first-order chi connectivity index (χ1) is 13.2. The molecule has 0 radical (unpaired) electrons. The molecule has 8 nitrogen and oxygen atoms in total. The van der Waals surface area contributed by atoms with Crippen molar-refractivity contribution in [3.8, 4) is 0 Å². The number of nitrogens with zero attached hydrogens (tertiary/aromatic N) is 2. The highest BCUT2D eigenvalue weighted by Crippen LogP contribution is 2.25. The van der Waals surface area contributed by atoms with Crippen molar-refractivity contribution in [2.75, 3.05) is 16.5 Å². The van der Waals surface area contributed by atoms with Gasteiger partial charge >= 0.3 is 5.91 Å². The largest absolute Gasteiger partial charge is 0.459 e. The Labute approximate surface area is 157 Å². The smallest absolute Gasteiger partial charge is 0.305 e. The fourth-order valence-corrected chi connectivity index (χ4v) is 2.45. The van der Waals surface area contributed by atoms with Gasteiger partial charge in [0, 0.05) is 5.69 Å². The minimum absolute atomic E-state index is 0.177. The fraction of sp³-hybridized carbons (Fsp3) is 0.211. The van der Waals surface area contributed by atoms with Gasteiger partial charge in [0.25, 0.3) is 0 Å². The van der Waals surface area contributed by atoms with Crippen LogP contribution in [-0.2, 0) is 6.42 Å². The average Bonchev–Trinajstić information content (AvgIpc) is 3.23. The van der Waals surface area contributed by atoms with Gasteiger partial charge in [0.1, 0.15) is 12.0 Å². The third kappa shape index (κ3) is 4.75. The SMILES string of the molecule is CCCCc1ccc(Nc2ncnc(NNC(=O)c3ccco3)c2N)cc1. The molecule has 0 atom stereocenters. The van der Waals surface area contributed by atoms with Gasteiger partial charge in [-0.2, -0.15) is 0 Å². The summed E-state index contributed by atoms with van der Waals surface area (Å²) in [6.45, 7) is 2.18. The van der Waals surface area contributed by atoms with Gasteiger partial charge in [-0.05, 0) is 42.7 Å². The lowest BCUT2D eigenvalue weighted by molar-refractivity contribution is 0.0935. The van der Waals surface area contributed by atoms with Crippen molar-refractivity contribution in [3.63, 3.8) is 0 Å². The predicted molar refractivity (Wildman–Crippen MR) is 105 cm³/mol. The topological polar surface area (TPSA) is 118 Å². The first-order valence-electron chi connectivity index (χ1n) is 8.73. The quantitative estimate of drug-likeness (QED) is 0.451. The van der Waals surface area contributed by atoms with Gasteiger partial charge in [-0.3, -0.25) is 15.6 Å². The number of anilines is 4. The molecule has 2 aromatic heterocycles. The summed E-state index contributed by atoms with van der Waals surface area (Å²) in [6.07, 6.45) is 6.18. The summed E-state index contributed by atoms with van der Waals surface area (Å²) in [5.74, 6) is 0.472. The highest BCUT2D eigenvalue weighted by Gasteiger charge is 2.11. The van der Waals surface area contributed by atoms with Crippen molar-refractivity contribution >= 4 is 28.9 Å². The van der Waals surface area contributed by atoms with E-state index in [9.17, 15) is 4.79 Å². The lowest BCUT2D eigenvalue weighted by Crippen LogP contribution is -2.30. The van der Waals surface area contributed by atoms with E-state index in [-0.39, 0.29) is 17.3 Å². The number of carbonyl (C=O) groups excluding carboxylic acids is 1. The van der Waals surface area contributed by atoms with Gasteiger partial charge in [-0.15, -0.1) is 0 Å². The van der Waals surface area contributed by atoms with E-state index in [4.69, 9.17) is 10.2 Å². The maximum Gasteiger partial charge on any atom is 0.305 e. The van der Waals surface area contributed by atoms with E-state index >= 15 is 0 Å². The number of hydrogen-bond acceptors (Lipinski definition) is 7. The van der Waals surface area contributed by atoms with Crippen LogP contribution in [0.4, 0.5) is 23.0 Å². The summed E-state index contributed by atoms with van der Waals surface area (Å²) in [4.78, 5) is 20.1. The monoisotopic (exact) mass is 366 g/mol. The number of aryl methyl sites for hydroxylation is 1. The molecule has 8 heteroatoms. The minimum atomic E-state index is -0.435. The standard InChI is InChI=1S/C19H22N6O2/c1-2-3-5-13-7-9-14(10-8-13)23-17-16(20)18(22-12-21-17)24-25-19(26)15-6-4-11-27-15/h4,6-12H,2-3,5,20H2,1H3,(H,25,26)(H2,21,22,23,24). The van der Waals surface area contributed by atoms with Gasteiger partial charge in [0.05, 0.1) is 6.26 Å². The third-order valence-corrected chi connectivity index (χ3v) is 3.96. The first-order valence-corrected chi connectivity index (χ1v) is 8.73. The van der Waals surface area contributed by atoms with Crippen LogP contribution in [0.2, 0.25) is 0 Å². The van der Waals surface area contributed by atoms with Crippen LogP contribution in [0, 0.1) is 0 Å². The Bertz CT molecular complexity index is 878. The Morgan fingerprint density at radius 1 is 1.15 bits per heavy atom. The number of unbranched alkanes of at least 4 members (excludes halogenated alkanes) is 1. The Kier molecular flexibility index (Phi) is 5.88. The van der Waals surface area contributed by atoms with Crippen molar-refractivity contribution in [2.45, 2.75) is 26.2 Å². The highest BCUT2D eigenvalue weighted by molar-refractivity contribution is 5.92. The first kappa shape index (κ1) is 18.2. The Hall–Kier alpha value is -3.55. The molecular weight excluding hydrogens is 344 g/mol. The van der Waals surface area contributed by atoms with Crippen molar-refractivity contribution in [1.29, 1.82) is 0 Å². The third-order valence-electron chi connectivity index (χ3n) is 3.96. The molecule has 2 heterocycles. The summed E-state index contributed by atoms with van der Waals surface area (Å²) in [5, 5.41) is 3.16. The van der Waals surface area contributed by atoms with Gasteiger partial charge < -0.3 is 15.5 Å². The molecule has 3 rings (SSSR count). The summed E-state index contributed by atoms with van der Waals surface area (Å²) in [6, 6.07) is 11.3. The molecule has 140 valence electrons. The number of furan rings is 1. The van der Waals surface area contributed by atoms with E-state index in [0.29, 0.717) is 5.82 Å². The number of benzene rings is 1. The lowest BCUT2D eigenvalue weighted by Gasteiger charge is -2.13. The molecule has 0 saturated carbocycles. The van der Waals surface area contributed by atoms with Crippen molar-refractivity contribution in [2.24, 2.45) is 0 Å². The number of rotatable bonds is 8. The van der Waals surface area contributed by atoms with Gasteiger partial charge in [-0.25, -0.2) is 9.97 Å². The maximum atomic E-state index is 11.9. The van der Waals surface area contributed by atoms with Gasteiger partial charge in [0.15, 0.2) is 17.4 Å². The molecule has 5 N–H and O–H groups in total. The number of amides is 1. The number of hydrogen-bond donors (Lipinski definition) is 4. The summed E-state index contributed by atoms with van der Waals surface area (Å²) in [7, 11) is 0. The van der Waals surface area contributed by atoms with E-state index in [1.54, 1.807) is 12.1 Å².